The van der Waals surface area contributed by atoms with E-state index in [1.807, 2.05) is 18.2 Å². The molecule has 0 saturated carbocycles. The van der Waals surface area contributed by atoms with Crippen LogP contribution in [0.5, 0.6) is 0 Å². The Balaban J connectivity index is 1.41. The number of carbonyl (C=O) groups excluding carboxylic acids is 1. The second-order valence-electron chi connectivity index (χ2n) is 5.49. The predicted molar refractivity (Wildman–Crippen MR) is 86.9 cm³/mol. The third-order valence-corrected chi connectivity index (χ3v) is 3.87. The van der Waals surface area contributed by atoms with Crippen LogP contribution >= 0.6 is 0 Å². The van der Waals surface area contributed by atoms with Crippen molar-refractivity contribution in [1.29, 1.82) is 0 Å². The molecule has 0 aromatic carbocycles. The topological polar surface area (TPSA) is 83.0 Å². The minimum atomic E-state index is -0.128. The van der Waals surface area contributed by atoms with E-state index in [9.17, 15) is 4.79 Å². The molecule has 7 nitrogen and oxygen atoms in total. The van der Waals surface area contributed by atoms with Gasteiger partial charge >= 0.3 is 6.03 Å². The summed E-state index contributed by atoms with van der Waals surface area (Å²) in [5.41, 5.74) is 1.03. The second-order valence-corrected chi connectivity index (χ2v) is 5.49. The monoisotopic (exact) mass is 312 g/mol. The maximum Gasteiger partial charge on any atom is 0.315 e. The van der Waals surface area contributed by atoms with Crippen molar-refractivity contribution >= 4 is 12.0 Å². The van der Waals surface area contributed by atoms with E-state index in [4.69, 9.17) is 0 Å². The molecule has 2 amide bonds. The standard InChI is InChI=1S/C16H20N6O/c23-16(20-12-13-2-8-17-9-3-13)21-14-4-10-22(11-5-14)15-18-6-1-7-19-15/h1-3,6-9,14H,4-5,10-12H2,(H2,20,21,23). The highest BCUT2D eigenvalue weighted by Crippen LogP contribution is 2.15. The third-order valence-electron chi connectivity index (χ3n) is 3.87. The largest absolute Gasteiger partial charge is 0.341 e. The lowest BCUT2D eigenvalue weighted by atomic mass is 10.1. The zero-order chi connectivity index (χ0) is 15.9. The zero-order valence-electron chi connectivity index (χ0n) is 12.9. The van der Waals surface area contributed by atoms with E-state index in [1.165, 1.54) is 0 Å². The Morgan fingerprint density at radius 3 is 2.52 bits per heavy atom. The maximum atomic E-state index is 12.0. The molecular formula is C16H20N6O. The van der Waals surface area contributed by atoms with Gasteiger partial charge in [-0.15, -0.1) is 0 Å². The quantitative estimate of drug-likeness (QED) is 0.890. The molecule has 3 heterocycles. The predicted octanol–water partition coefficient (Wildman–Crippen LogP) is 1.34. The van der Waals surface area contributed by atoms with Crippen LogP contribution in [-0.4, -0.2) is 40.1 Å². The molecular weight excluding hydrogens is 292 g/mol. The van der Waals surface area contributed by atoms with Crippen molar-refractivity contribution in [2.75, 3.05) is 18.0 Å². The van der Waals surface area contributed by atoms with Crippen molar-refractivity contribution < 1.29 is 4.79 Å². The van der Waals surface area contributed by atoms with E-state index >= 15 is 0 Å². The number of pyridine rings is 1. The molecule has 0 aliphatic carbocycles. The first-order valence-corrected chi connectivity index (χ1v) is 7.76. The second kappa shape index (κ2) is 7.53. The van der Waals surface area contributed by atoms with E-state index in [-0.39, 0.29) is 12.1 Å². The molecule has 3 rings (SSSR count). The molecule has 1 aliphatic heterocycles. The van der Waals surface area contributed by atoms with Gasteiger partial charge in [-0.2, -0.15) is 0 Å². The first-order valence-electron chi connectivity index (χ1n) is 7.76. The molecule has 1 saturated heterocycles. The number of rotatable bonds is 4. The number of nitrogens with zero attached hydrogens (tertiary/aromatic N) is 4. The molecule has 0 atom stereocenters. The molecule has 1 aliphatic rings. The number of amides is 2. The van der Waals surface area contributed by atoms with E-state index in [2.05, 4.69) is 30.5 Å². The Morgan fingerprint density at radius 2 is 1.83 bits per heavy atom. The van der Waals surface area contributed by atoms with Gasteiger partial charge in [0.05, 0.1) is 0 Å². The average Bonchev–Trinajstić information content (AvgIpc) is 2.62. The summed E-state index contributed by atoms with van der Waals surface area (Å²) in [5.74, 6) is 0.757. The highest BCUT2D eigenvalue weighted by molar-refractivity contribution is 5.74. The van der Waals surface area contributed by atoms with Gasteiger partial charge in [-0.25, -0.2) is 14.8 Å². The van der Waals surface area contributed by atoms with Crippen LogP contribution in [0, 0.1) is 0 Å². The molecule has 1 fully saturated rings. The highest BCUT2D eigenvalue weighted by Gasteiger charge is 2.21. The fraction of sp³-hybridized carbons (Fsp3) is 0.375. The Labute approximate surface area is 135 Å². The van der Waals surface area contributed by atoms with Gasteiger partial charge in [0, 0.05) is 50.5 Å². The number of urea groups is 1. The molecule has 0 radical (unpaired) electrons. The average molecular weight is 312 g/mol. The van der Waals surface area contributed by atoms with E-state index in [0.29, 0.717) is 6.54 Å². The number of hydrogen-bond acceptors (Lipinski definition) is 5. The molecule has 0 spiro atoms. The van der Waals surface area contributed by atoms with Gasteiger partial charge < -0.3 is 15.5 Å². The van der Waals surface area contributed by atoms with E-state index in [1.54, 1.807) is 24.8 Å². The van der Waals surface area contributed by atoms with E-state index < -0.39 is 0 Å². The van der Waals surface area contributed by atoms with Gasteiger partial charge in [-0.3, -0.25) is 4.98 Å². The smallest absolute Gasteiger partial charge is 0.315 e. The van der Waals surface area contributed by atoms with Crippen LogP contribution in [0.1, 0.15) is 18.4 Å². The molecule has 0 bridgehead atoms. The van der Waals surface area contributed by atoms with Gasteiger partial charge in [-0.1, -0.05) is 0 Å². The van der Waals surface area contributed by atoms with Gasteiger partial charge in [0.25, 0.3) is 0 Å². The lowest BCUT2D eigenvalue weighted by Crippen LogP contribution is -2.48. The van der Waals surface area contributed by atoms with Gasteiger partial charge in [0.15, 0.2) is 0 Å². The zero-order valence-corrected chi connectivity index (χ0v) is 12.9. The minimum Gasteiger partial charge on any atom is -0.341 e. The lowest BCUT2D eigenvalue weighted by Gasteiger charge is -2.32. The molecule has 23 heavy (non-hydrogen) atoms. The Morgan fingerprint density at radius 1 is 1.13 bits per heavy atom. The fourth-order valence-corrected chi connectivity index (χ4v) is 2.60. The fourth-order valence-electron chi connectivity index (χ4n) is 2.60. The number of nitrogens with one attached hydrogen (secondary N) is 2. The van der Waals surface area contributed by atoms with E-state index in [0.717, 1.165) is 37.4 Å². The molecule has 7 heteroatoms. The number of piperidine rings is 1. The third kappa shape index (κ3) is 4.38. The lowest BCUT2D eigenvalue weighted by molar-refractivity contribution is 0.234. The van der Waals surface area contributed by atoms with Crippen molar-refractivity contribution in [2.45, 2.75) is 25.4 Å². The molecule has 2 aromatic heterocycles. The number of hydrogen-bond donors (Lipinski definition) is 2. The Kier molecular flexibility index (Phi) is 4.98. The highest BCUT2D eigenvalue weighted by atomic mass is 16.2. The first-order chi connectivity index (χ1) is 11.3. The molecule has 2 N–H and O–H groups in total. The summed E-state index contributed by atoms with van der Waals surface area (Å²) in [7, 11) is 0. The Bertz CT molecular complexity index is 613. The first kappa shape index (κ1) is 15.2. The van der Waals surface area contributed by atoms with Gasteiger partial charge in [0.1, 0.15) is 0 Å². The van der Waals surface area contributed by atoms with Crippen molar-refractivity contribution in [3.8, 4) is 0 Å². The van der Waals surface area contributed by atoms with Crippen LogP contribution < -0.4 is 15.5 Å². The van der Waals surface area contributed by atoms with Crippen molar-refractivity contribution in [2.24, 2.45) is 0 Å². The summed E-state index contributed by atoms with van der Waals surface area (Å²) in [5, 5.41) is 5.90. The Hall–Kier alpha value is -2.70. The van der Waals surface area contributed by atoms with Gasteiger partial charge in [-0.05, 0) is 36.6 Å². The minimum absolute atomic E-state index is 0.128. The van der Waals surface area contributed by atoms with Crippen LogP contribution in [0.3, 0.4) is 0 Å². The summed E-state index contributed by atoms with van der Waals surface area (Å²) >= 11 is 0. The number of carbonyl (C=O) groups is 1. The van der Waals surface area contributed by atoms with Crippen LogP contribution in [0.4, 0.5) is 10.7 Å². The molecule has 2 aromatic rings. The van der Waals surface area contributed by atoms with Crippen LogP contribution in [-0.2, 0) is 6.54 Å². The number of aromatic nitrogens is 3. The van der Waals surface area contributed by atoms with Crippen LogP contribution in [0.2, 0.25) is 0 Å². The summed E-state index contributed by atoms with van der Waals surface area (Å²) in [6.45, 7) is 2.20. The maximum absolute atomic E-state index is 12.0. The van der Waals surface area contributed by atoms with Crippen molar-refractivity contribution in [1.82, 2.24) is 25.6 Å². The van der Waals surface area contributed by atoms with Gasteiger partial charge in [0.2, 0.25) is 5.95 Å². The normalized spacial score (nSPS) is 15.2. The molecule has 120 valence electrons. The van der Waals surface area contributed by atoms with Crippen molar-refractivity contribution in [3.05, 3.63) is 48.5 Å². The summed E-state index contributed by atoms with van der Waals surface area (Å²) in [6, 6.07) is 5.64. The summed E-state index contributed by atoms with van der Waals surface area (Å²) in [4.78, 5) is 26.6. The van der Waals surface area contributed by atoms with Crippen molar-refractivity contribution in [3.63, 3.8) is 0 Å². The summed E-state index contributed by atoms with van der Waals surface area (Å²) in [6.07, 6.45) is 8.72. The number of anilines is 1. The van der Waals surface area contributed by atoms with Crippen LogP contribution in [0.25, 0.3) is 0 Å². The summed E-state index contributed by atoms with van der Waals surface area (Å²) < 4.78 is 0. The SMILES string of the molecule is O=C(NCc1ccncc1)NC1CCN(c2ncccn2)CC1. The van der Waals surface area contributed by atoms with Crippen LogP contribution in [0.15, 0.2) is 43.0 Å². The molecule has 0 unspecified atom stereocenters.